The van der Waals surface area contributed by atoms with Gasteiger partial charge in [0, 0.05) is 19.8 Å². The molecule has 0 spiro atoms. The Labute approximate surface area is 132 Å². The van der Waals surface area contributed by atoms with Gasteiger partial charge in [-0.25, -0.2) is 4.98 Å². The van der Waals surface area contributed by atoms with Gasteiger partial charge < -0.3 is 15.0 Å². The first kappa shape index (κ1) is 16.1. The quantitative estimate of drug-likeness (QED) is 0.848. The maximum Gasteiger partial charge on any atom is 0.225 e. The van der Waals surface area contributed by atoms with Crippen molar-refractivity contribution >= 4 is 11.8 Å². The molecule has 0 aliphatic heterocycles. The lowest BCUT2D eigenvalue weighted by atomic mass is 10.0. The summed E-state index contributed by atoms with van der Waals surface area (Å²) in [4.78, 5) is 11.0. The highest BCUT2D eigenvalue weighted by atomic mass is 16.5. The minimum atomic E-state index is 0.174. The number of hydrogen-bond donors (Lipinski definition) is 1. The Kier molecular flexibility index (Phi) is 5.58. The van der Waals surface area contributed by atoms with Crippen LogP contribution in [0.1, 0.15) is 31.9 Å². The van der Waals surface area contributed by atoms with Crippen molar-refractivity contribution in [2.24, 2.45) is 0 Å². The molecular weight excluding hydrogens is 276 g/mol. The zero-order chi connectivity index (χ0) is 15.9. The normalized spacial score (nSPS) is 11.8. The molecule has 1 aromatic carbocycles. The van der Waals surface area contributed by atoms with E-state index in [1.165, 1.54) is 5.56 Å². The summed E-state index contributed by atoms with van der Waals surface area (Å²) in [5, 5.41) is 3.41. The van der Waals surface area contributed by atoms with Gasteiger partial charge >= 0.3 is 0 Å². The number of nitrogens with one attached hydrogen (secondary N) is 1. The van der Waals surface area contributed by atoms with Crippen molar-refractivity contribution in [3.63, 3.8) is 0 Å². The largest absolute Gasteiger partial charge is 0.497 e. The number of anilines is 2. The van der Waals surface area contributed by atoms with Gasteiger partial charge in [-0.3, -0.25) is 0 Å². The molecule has 0 radical (unpaired) electrons. The van der Waals surface area contributed by atoms with Crippen LogP contribution < -0.4 is 15.0 Å². The van der Waals surface area contributed by atoms with Gasteiger partial charge in [0.1, 0.15) is 11.6 Å². The third-order valence-corrected chi connectivity index (χ3v) is 3.74. The second-order valence-electron chi connectivity index (χ2n) is 5.13. The zero-order valence-electron chi connectivity index (χ0n) is 13.7. The minimum Gasteiger partial charge on any atom is -0.497 e. The maximum atomic E-state index is 5.20. The fourth-order valence-corrected chi connectivity index (χ4v) is 2.21. The molecule has 0 aliphatic carbocycles. The topological polar surface area (TPSA) is 50.3 Å². The van der Waals surface area contributed by atoms with Crippen LogP contribution in [0.5, 0.6) is 5.75 Å². The molecule has 1 unspecified atom stereocenters. The van der Waals surface area contributed by atoms with Crippen molar-refractivity contribution in [3.05, 3.63) is 42.1 Å². The fourth-order valence-electron chi connectivity index (χ4n) is 2.21. The molecule has 5 heteroatoms. The van der Waals surface area contributed by atoms with Crippen LogP contribution in [0.15, 0.2) is 36.5 Å². The highest BCUT2D eigenvalue weighted by molar-refractivity contribution is 5.43. The molecule has 5 nitrogen and oxygen atoms in total. The maximum absolute atomic E-state index is 5.20. The van der Waals surface area contributed by atoms with Crippen LogP contribution in [0.25, 0.3) is 0 Å². The summed E-state index contributed by atoms with van der Waals surface area (Å²) >= 11 is 0. The predicted octanol–water partition coefficient (Wildman–Crippen LogP) is 3.50. The van der Waals surface area contributed by atoms with Crippen LogP contribution in [0.3, 0.4) is 0 Å². The van der Waals surface area contributed by atoms with E-state index in [2.05, 4.69) is 46.2 Å². The summed E-state index contributed by atoms with van der Waals surface area (Å²) in [6.45, 7) is 5.15. The van der Waals surface area contributed by atoms with Crippen LogP contribution in [0.4, 0.5) is 11.8 Å². The monoisotopic (exact) mass is 300 g/mol. The van der Waals surface area contributed by atoms with Gasteiger partial charge in [0.05, 0.1) is 13.2 Å². The van der Waals surface area contributed by atoms with E-state index in [1.54, 1.807) is 13.3 Å². The van der Waals surface area contributed by atoms with Crippen LogP contribution in [0.2, 0.25) is 0 Å². The number of aromatic nitrogens is 2. The molecule has 1 atom stereocenters. The van der Waals surface area contributed by atoms with E-state index < -0.39 is 0 Å². The van der Waals surface area contributed by atoms with E-state index in [9.17, 15) is 0 Å². The third-order valence-electron chi connectivity index (χ3n) is 3.74. The minimum absolute atomic E-state index is 0.174. The summed E-state index contributed by atoms with van der Waals surface area (Å²) in [6, 6.07) is 10.2. The average Bonchev–Trinajstić information content (AvgIpc) is 2.59. The van der Waals surface area contributed by atoms with E-state index in [1.807, 2.05) is 25.2 Å². The van der Waals surface area contributed by atoms with E-state index in [0.29, 0.717) is 5.95 Å². The van der Waals surface area contributed by atoms with Gasteiger partial charge in [0.2, 0.25) is 5.95 Å². The molecule has 0 saturated heterocycles. The first-order valence-corrected chi connectivity index (χ1v) is 7.62. The summed E-state index contributed by atoms with van der Waals surface area (Å²) in [5.41, 5.74) is 1.20. The smallest absolute Gasteiger partial charge is 0.225 e. The second-order valence-corrected chi connectivity index (χ2v) is 5.13. The Bertz CT molecular complexity index is 585. The Morgan fingerprint density at radius 1 is 1.18 bits per heavy atom. The fraction of sp³-hybridized carbons (Fsp3) is 0.412. The lowest BCUT2D eigenvalue weighted by Crippen LogP contribution is -2.19. The van der Waals surface area contributed by atoms with E-state index in [-0.39, 0.29) is 6.04 Å². The number of hydrogen-bond acceptors (Lipinski definition) is 5. The molecule has 1 N–H and O–H groups in total. The molecule has 2 aromatic rings. The lowest BCUT2D eigenvalue weighted by Gasteiger charge is -2.20. The third kappa shape index (κ3) is 3.87. The Morgan fingerprint density at radius 3 is 2.50 bits per heavy atom. The standard InChI is InChI=1S/C17H24N4O/c1-5-15(13-7-9-14(22-4)10-8-13)19-17-18-12-11-16(20-17)21(3)6-2/h7-12,15H,5-6H2,1-4H3,(H,18,19,20). The van der Waals surface area contributed by atoms with Gasteiger partial charge in [-0.1, -0.05) is 19.1 Å². The number of ether oxygens (including phenoxy) is 1. The summed E-state index contributed by atoms with van der Waals surface area (Å²) in [5.74, 6) is 2.44. The zero-order valence-corrected chi connectivity index (χ0v) is 13.7. The van der Waals surface area contributed by atoms with Gasteiger partial charge in [-0.15, -0.1) is 0 Å². The van der Waals surface area contributed by atoms with Gasteiger partial charge in [0.25, 0.3) is 0 Å². The first-order valence-electron chi connectivity index (χ1n) is 7.62. The van der Waals surface area contributed by atoms with E-state index in [4.69, 9.17) is 4.74 Å². The molecule has 1 aromatic heterocycles. The second kappa shape index (κ2) is 7.64. The van der Waals surface area contributed by atoms with Gasteiger partial charge in [-0.2, -0.15) is 4.98 Å². The average molecular weight is 300 g/mol. The molecule has 0 fully saturated rings. The van der Waals surface area contributed by atoms with E-state index >= 15 is 0 Å². The molecule has 0 bridgehead atoms. The molecule has 0 amide bonds. The summed E-state index contributed by atoms with van der Waals surface area (Å²) in [6.07, 6.45) is 2.74. The molecule has 2 rings (SSSR count). The number of benzene rings is 1. The van der Waals surface area contributed by atoms with E-state index in [0.717, 1.165) is 24.5 Å². The highest BCUT2D eigenvalue weighted by Crippen LogP contribution is 2.23. The Hall–Kier alpha value is -2.30. The van der Waals surface area contributed by atoms with Gasteiger partial charge in [-0.05, 0) is 37.1 Å². The van der Waals surface area contributed by atoms with Crippen molar-refractivity contribution in [3.8, 4) is 5.75 Å². The first-order chi connectivity index (χ1) is 10.7. The molecule has 118 valence electrons. The van der Waals surface area contributed by atoms with Crippen LogP contribution in [-0.4, -0.2) is 30.7 Å². The highest BCUT2D eigenvalue weighted by Gasteiger charge is 2.11. The molecule has 0 aliphatic rings. The van der Waals surface area contributed by atoms with Crippen molar-refractivity contribution in [1.82, 2.24) is 9.97 Å². The predicted molar refractivity (Wildman–Crippen MR) is 90.6 cm³/mol. The lowest BCUT2D eigenvalue weighted by molar-refractivity contribution is 0.414. The number of rotatable bonds is 7. The molecule has 0 saturated carbocycles. The van der Waals surface area contributed by atoms with Crippen LogP contribution in [0, 0.1) is 0 Å². The molecule has 22 heavy (non-hydrogen) atoms. The van der Waals surface area contributed by atoms with Gasteiger partial charge in [0.15, 0.2) is 0 Å². The SMILES string of the molecule is CCC(Nc1nccc(N(C)CC)n1)c1ccc(OC)cc1. The molecular formula is C17H24N4O. The Balaban J connectivity index is 2.15. The summed E-state index contributed by atoms with van der Waals surface area (Å²) in [7, 11) is 3.70. The number of nitrogens with zero attached hydrogens (tertiary/aromatic N) is 3. The van der Waals surface area contributed by atoms with Crippen molar-refractivity contribution in [1.29, 1.82) is 0 Å². The molecule has 1 heterocycles. The van der Waals surface area contributed by atoms with Crippen molar-refractivity contribution in [2.75, 3.05) is 30.9 Å². The van der Waals surface area contributed by atoms with Crippen LogP contribution in [-0.2, 0) is 0 Å². The number of methoxy groups -OCH3 is 1. The Morgan fingerprint density at radius 2 is 1.91 bits per heavy atom. The van der Waals surface area contributed by atoms with Crippen molar-refractivity contribution in [2.45, 2.75) is 26.3 Å². The summed E-state index contributed by atoms with van der Waals surface area (Å²) < 4.78 is 5.20. The van der Waals surface area contributed by atoms with Crippen molar-refractivity contribution < 1.29 is 4.74 Å². The van der Waals surface area contributed by atoms with Crippen LogP contribution >= 0.6 is 0 Å².